The van der Waals surface area contributed by atoms with Gasteiger partial charge in [0.25, 0.3) is 0 Å². The van der Waals surface area contributed by atoms with Crippen LogP contribution < -0.4 is 5.32 Å². The summed E-state index contributed by atoms with van der Waals surface area (Å²) in [6, 6.07) is 4.73. The van der Waals surface area contributed by atoms with Crippen molar-refractivity contribution in [1.29, 1.82) is 0 Å². The van der Waals surface area contributed by atoms with E-state index < -0.39 is 0 Å². The molecule has 0 amide bonds. The Balaban J connectivity index is 1.72. The second-order valence-electron chi connectivity index (χ2n) is 6.93. The molecule has 100 valence electrons. The molecule has 0 aromatic carbocycles. The minimum atomic E-state index is 0.423. The van der Waals surface area contributed by atoms with E-state index in [1.807, 2.05) is 6.07 Å². The standard InChI is InChI=1S/C15H22INO/c1-14(2)10-6-7-15(3,8-10)13(14)17-9-11-4-5-12(16)18-11/h4-5,10,13,17H,6-9H2,1-3H3. The lowest BCUT2D eigenvalue weighted by Gasteiger charge is -2.43. The molecule has 0 saturated heterocycles. The summed E-state index contributed by atoms with van der Waals surface area (Å²) in [5.41, 5.74) is 0.917. The minimum absolute atomic E-state index is 0.423. The topological polar surface area (TPSA) is 25.2 Å². The molecule has 3 atom stereocenters. The van der Waals surface area contributed by atoms with Crippen LogP contribution in [0.15, 0.2) is 16.5 Å². The zero-order valence-electron chi connectivity index (χ0n) is 11.4. The average Bonchev–Trinajstić information content (AvgIpc) is 2.89. The van der Waals surface area contributed by atoms with Crippen LogP contribution in [0.25, 0.3) is 0 Å². The third kappa shape index (κ3) is 1.94. The van der Waals surface area contributed by atoms with Gasteiger partial charge >= 0.3 is 0 Å². The highest BCUT2D eigenvalue weighted by atomic mass is 127. The fourth-order valence-electron chi connectivity index (χ4n) is 4.46. The van der Waals surface area contributed by atoms with Crippen molar-refractivity contribution in [3.8, 4) is 0 Å². The van der Waals surface area contributed by atoms with Crippen LogP contribution >= 0.6 is 22.6 Å². The Labute approximate surface area is 123 Å². The number of halogens is 1. The first kappa shape index (κ1) is 13.0. The van der Waals surface area contributed by atoms with Gasteiger partial charge in [-0.25, -0.2) is 0 Å². The smallest absolute Gasteiger partial charge is 0.164 e. The van der Waals surface area contributed by atoms with Gasteiger partial charge in [0, 0.05) is 6.04 Å². The Bertz CT molecular complexity index is 448. The summed E-state index contributed by atoms with van der Waals surface area (Å²) in [4.78, 5) is 0. The van der Waals surface area contributed by atoms with Crippen LogP contribution in [-0.2, 0) is 6.54 Å². The summed E-state index contributed by atoms with van der Waals surface area (Å²) in [6.45, 7) is 8.20. The molecule has 0 aliphatic heterocycles. The molecule has 0 spiro atoms. The van der Waals surface area contributed by atoms with Crippen molar-refractivity contribution in [2.24, 2.45) is 16.7 Å². The molecule has 1 heterocycles. The van der Waals surface area contributed by atoms with Gasteiger partial charge in [0.1, 0.15) is 5.76 Å². The van der Waals surface area contributed by atoms with Crippen molar-refractivity contribution in [1.82, 2.24) is 5.32 Å². The zero-order valence-corrected chi connectivity index (χ0v) is 13.6. The highest BCUT2D eigenvalue weighted by Crippen LogP contribution is 2.62. The van der Waals surface area contributed by atoms with Gasteiger partial charge in [0.15, 0.2) is 3.77 Å². The summed E-state index contributed by atoms with van der Waals surface area (Å²) in [5, 5.41) is 3.78. The van der Waals surface area contributed by atoms with Crippen LogP contribution in [0, 0.1) is 20.5 Å². The first-order chi connectivity index (χ1) is 8.42. The average molecular weight is 359 g/mol. The van der Waals surface area contributed by atoms with Crippen LogP contribution in [0.5, 0.6) is 0 Å². The highest BCUT2D eigenvalue weighted by molar-refractivity contribution is 14.1. The van der Waals surface area contributed by atoms with E-state index in [-0.39, 0.29) is 0 Å². The van der Waals surface area contributed by atoms with Crippen LogP contribution in [0.3, 0.4) is 0 Å². The molecule has 18 heavy (non-hydrogen) atoms. The molecule has 2 aliphatic rings. The van der Waals surface area contributed by atoms with Gasteiger partial charge in [-0.1, -0.05) is 20.8 Å². The molecule has 2 bridgehead atoms. The van der Waals surface area contributed by atoms with Crippen molar-refractivity contribution in [2.75, 3.05) is 0 Å². The fourth-order valence-corrected chi connectivity index (χ4v) is 4.92. The zero-order chi connectivity index (χ0) is 13.0. The summed E-state index contributed by atoms with van der Waals surface area (Å²) in [7, 11) is 0. The van der Waals surface area contributed by atoms with Crippen molar-refractivity contribution in [2.45, 2.75) is 52.6 Å². The van der Waals surface area contributed by atoms with Crippen LogP contribution in [0.2, 0.25) is 0 Å². The molecule has 3 rings (SSSR count). The number of hydrogen-bond donors (Lipinski definition) is 1. The van der Waals surface area contributed by atoms with Crippen molar-refractivity contribution in [3.05, 3.63) is 21.7 Å². The maximum Gasteiger partial charge on any atom is 0.164 e. The molecule has 2 nitrogen and oxygen atoms in total. The molecule has 1 aromatic rings. The van der Waals surface area contributed by atoms with E-state index in [2.05, 4.69) is 54.7 Å². The van der Waals surface area contributed by atoms with Gasteiger partial charge in [0.05, 0.1) is 6.54 Å². The van der Waals surface area contributed by atoms with Gasteiger partial charge in [-0.3, -0.25) is 0 Å². The van der Waals surface area contributed by atoms with Crippen molar-refractivity contribution >= 4 is 22.6 Å². The quantitative estimate of drug-likeness (QED) is 0.819. The molecule has 2 saturated carbocycles. The molecule has 3 heteroatoms. The third-order valence-corrected chi connectivity index (χ3v) is 5.96. The van der Waals surface area contributed by atoms with Crippen molar-refractivity contribution < 1.29 is 4.42 Å². The van der Waals surface area contributed by atoms with E-state index >= 15 is 0 Å². The predicted octanol–water partition coefficient (Wildman–Crippen LogP) is 4.19. The molecular formula is C15H22INO. The van der Waals surface area contributed by atoms with E-state index in [9.17, 15) is 0 Å². The number of hydrogen-bond acceptors (Lipinski definition) is 2. The highest BCUT2D eigenvalue weighted by Gasteiger charge is 2.58. The Kier molecular flexibility index (Phi) is 3.05. The molecule has 2 aliphatic carbocycles. The van der Waals surface area contributed by atoms with Crippen LogP contribution in [-0.4, -0.2) is 6.04 Å². The Hall–Kier alpha value is -0.0300. The number of nitrogens with one attached hydrogen (secondary N) is 1. The molecule has 2 fully saturated rings. The second-order valence-corrected chi connectivity index (χ2v) is 8.00. The predicted molar refractivity (Wildman–Crippen MR) is 81.3 cm³/mol. The van der Waals surface area contributed by atoms with Crippen LogP contribution in [0.1, 0.15) is 45.8 Å². The van der Waals surface area contributed by atoms with E-state index in [1.165, 1.54) is 19.3 Å². The molecule has 1 aromatic heterocycles. The monoisotopic (exact) mass is 359 g/mol. The summed E-state index contributed by atoms with van der Waals surface area (Å²) in [5.74, 6) is 1.96. The van der Waals surface area contributed by atoms with E-state index in [0.29, 0.717) is 16.9 Å². The van der Waals surface area contributed by atoms with Gasteiger partial charge in [-0.2, -0.15) is 0 Å². The summed E-state index contributed by atoms with van der Waals surface area (Å²) >= 11 is 2.22. The summed E-state index contributed by atoms with van der Waals surface area (Å²) in [6.07, 6.45) is 4.20. The summed E-state index contributed by atoms with van der Waals surface area (Å²) < 4.78 is 6.62. The lowest BCUT2D eigenvalue weighted by atomic mass is 9.68. The first-order valence-electron chi connectivity index (χ1n) is 6.89. The number of rotatable bonds is 3. The fraction of sp³-hybridized carbons (Fsp3) is 0.733. The van der Waals surface area contributed by atoms with E-state index in [1.54, 1.807) is 0 Å². The van der Waals surface area contributed by atoms with Gasteiger partial charge < -0.3 is 9.73 Å². The molecular weight excluding hydrogens is 337 g/mol. The maximum absolute atomic E-state index is 5.65. The lowest BCUT2D eigenvalue weighted by Crippen LogP contribution is -2.49. The number of furan rings is 1. The van der Waals surface area contributed by atoms with Gasteiger partial charge in [-0.15, -0.1) is 0 Å². The number of fused-ring (bicyclic) bond motifs is 2. The van der Waals surface area contributed by atoms with Gasteiger partial charge in [0.2, 0.25) is 0 Å². The van der Waals surface area contributed by atoms with Gasteiger partial charge in [-0.05, 0) is 70.7 Å². The second kappa shape index (κ2) is 4.23. The normalized spacial score (nSPS) is 37.3. The largest absolute Gasteiger partial charge is 0.454 e. The maximum atomic E-state index is 5.65. The third-order valence-electron chi connectivity index (χ3n) is 5.38. The lowest BCUT2D eigenvalue weighted by molar-refractivity contribution is 0.106. The minimum Gasteiger partial charge on any atom is -0.454 e. The molecule has 1 N–H and O–H groups in total. The van der Waals surface area contributed by atoms with Crippen molar-refractivity contribution in [3.63, 3.8) is 0 Å². The van der Waals surface area contributed by atoms with E-state index in [4.69, 9.17) is 4.42 Å². The van der Waals surface area contributed by atoms with E-state index in [0.717, 1.165) is 22.0 Å². The Morgan fingerprint density at radius 2 is 2.17 bits per heavy atom. The molecule has 0 radical (unpaired) electrons. The Morgan fingerprint density at radius 1 is 1.39 bits per heavy atom. The first-order valence-corrected chi connectivity index (χ1v) is 7.97. The molecule has 3 unspecified atom stereocenters. The Morgan fingerprint density at radius 3 is 2.72 bits per heavy atom. The van der Waals surface area contributed by atoms with Crippen LogP contribution in [0.4, 0.5) is 0 Å². The SMILES string of the molecule is CC12CCC(C1)C(C)(C)C2NCc1ccc(I)o1.